The van der Waals surface area contributed by atoms with Gasteiger partial charge in [-0.3, -0.25) is 20.0 Å². The minimum absolute atomic E-state index is 0.0724. The fraction of sp³-hybridized carbons (Fsp3) is 0.636. The fourth-order valence-corrected chi connectivity index (χ4v) is 2.15. The lowest BCUT2D eigenvalue weighted by molar-refractivity contribution is -0.149. The Labute approximate surface area is 118 Å². The maximum Gasteiger partial charge on any atom is 0.401 e. The Bertz CT molecular complexity index is 482. The van der Waals surface area contributed by atoms with Gasteiger partial charge in [0.2, 0.25) is 0 Å². The van der Waals surface area contributed by atoms with Crippen molar-refractivity contribution in [1.29, 1.82) is 0 Å². The molecule has 2 heterocycles. The number of hydrogen-bond donors (Lipinski definition) is 2. The summed E-state index contributed by atoms with van der Waals surface area (Å²) in [6, 6.07) is 1.46. The van der Waals surface area contributed by atoms with Crippen LogP contribution in [0.25, 0.3) is 0 Å². The van der Waals surface area contributed by atoms with E-state index in [1.807, 2.05) is 10.3 Å². The lowest BCUT2D eigenvalue weighted by atomic mass is 10.2. The molecule has 1 saturated heterocycles. The molecule has 7 nitrogen and oxygen atoms in total. The summed E-state index contributed by atoms with van der Waals surface area (Å²) in [5.41, 5.74) is 2.01. The summed E-state index contributed by atoms with van der Waals surface area (Å²) in [6.07, 6.45) is -4.17. The lowest BCUT2D eigenvalue weighted by Gasteiger charge is -2.34. The van der Waals surface area contributed by atoms with E-state index in [4.69, 9.17) is 10.4 Å². The largest absolute Gasteiger partial charge is 0.401 e. The summed E-state index contributed by atoms with van der Waals surface area (Å²) in [5.74, 6) is 4.89. The van der Waals surface area contributed by atoms with Gasteiger partial charge in [0.1, 0.15) is 0 Å². The topological polar surface area (TPSA) is 87.6 Å². The average molecular weight is 307 g/mol. The van der Waals surface area contributed by atoms with Crippen LogP contribution in [0, 0.1) is 0 Å². The highest BCUT2D eigenvalue weighted by Crippen LogP contribution is 2.18. The number of hydrazine groups is 1. The number of rotatable bonds is 4. The summed E-state index contributed by atoms with van der Waals surface area (Å²) < 4.78 is 41.8. The normalized spacial score (nSPS) is 17.9. The lowest BCUT2D eigenvalue weighted by Crippen LogP contribution is -2.48. The number of halogens is 3. The Hall–Kier alpha value is -1.65. The van der Waals surface area contributed by atoms with Gasteiger partial charge in [0, 0.05) is 32.2 Å². The van der Waals surface area contributed by atoms with E-state index in [1.165, 1.54) is 11.0 Å². The van der Waals surface area contributed by atoms with Crippen molar-refractivity contribution in [1.82, 2.24) is 20.4 Å². The maximum absolute atomic E-state index is 12.3. The summed E-state index contributed by atoms with van der Waals surface area (Å²) in [7, 11) is 0. The molecule has 0 bridgehead atoms. The molecule has 21 heavy (non-hydrogen) atoms. The van der Waals surface area contributed by atoms with Gasteiger partial charge in [-0.15, -0.1) is 0 Å². The number of aromatic nitrogens is 1. The summed E-state index contributed by atoms with van der Waals surface area (Å²) in [5, 5.41) is 3.56. The van der Waals surface area contributed by atoms with Gasteiger partial charge in [-0.05, 0) is 0 Å². The van der Waals surface area contributed by atoms with E-state index < -0.39 is 18.6 Å². The van der Waals surface area contributed by atoms with Crippen LogP contribution < -0.4 is 11.3 Å². The monoisotopic (exact) mass is 307 g/mol. The summed E-state index contributed by atoms with van der Waals surface area (Å²) in [4.78, 5) is 14.5. The number of nitrogens with zero attached hydrogens (tertiary/aromatic N) is 3. The first-order chi connectivity index (χ1) is 9.87. The molecule has 1 fully saturated rings. The molecule has 10 heteroatoms. The molecule has 0 atom stereocenters. The van der Waals surface area contributed by atoms with Crippen molar-refractivity contribution in [3.05, 3.63) is 17.5 Å². The van der Waals surface area contributed by atoms with Crippen LogP contribution in [0.2, 0.25) is 0 Å². The molecule has 0 spiro atoms. The van der Waals surface area contributed by atoms with Gasteiger partial charge < -0.3 is 4.52 Å². The number of nitrogen functional groups attached to an aromatic ring is 1. The third-order valence-electron chi connectivity index (χ3n) is 3.17. The van der Waals surface area contributed by atoms with Gasteiger partial charge in [-0.2, -0.15) is 13.2 Å². The van der Waals surface area contributed by atoms with Gasteiger partial charge in [0.25, 0.3) is 5.91 Å². The third-order valence-corrected chi connectivity index (χ3v) is 3.17. The van der Waals surface area contributed by atoms with E-state index in [0.717, 1.165) is 0 Å². The highest BCUT2D eigenvalue weighted by molar-refractivity contribution is 5.91. The highest BCUT2D eigenvalue weighted by Gasteiger charge is 2.32. The minimum atomic E-state index is -4.17. The maximum atomic E-state index is 12.3. The van der Waals surface area contributed by atoms with E-state index in [2.05, 4.69) is 5.16 Å². The SMILES string of the molecule is NNC(=O)c1cc(CN2CCN(CC(F)(F)F)CC2)on1. The van der Waals surface area contributed by atoms with Crippen LogP contribution in [0.15, 0.2) is 10.6 Å². The van der Waals surface area contributed by atoms with Crippen LogP contribution in [-0.2, 0) is 6.54 Å². The van der Waals surface area contributed by atoms with Gasteiger partial charge in [-0.25, -0.2) is 5.84 Å². The van der Waals surface area contributed by atoms with Crippen LogP contribution in [0.1, 0.15) is 16.2 Å². The number of carbonyl (C=O) groups is 1. The number of alkyl halides is 3. The van der Waals surface area contributed by atoms with Crippen LogP contribution in [0.4, 0.5) is 13.2 Å². The van der Waals surface area contributed by atoms with Gasteiger partial charge >= 0.3 is 6.18 Å². The molecule has 0 radical (unpaired) electrons. The van der Waals surface area contributed by atoms with Crippen LogP contribution in [0.3, 0.4) is 0 Å². The van der Waals surface area contributed by atoms with Gasteiger partial charge in [0.15, 0.2) is 11.5 Å². The standard InChI is InChI=1S/C11H16F3N5O2/c12-11(13,14)7-19-3-1-18(2-4-19)6-8-5-9(17-21-8)10(20)16-15/h5H,1-4,6-7,15H2,(H,16,20). The van der Waals surface area contributed by atoms with E-state index in [-0.39, 0.29) is 5.69 Å². The third kappa shape index (κ3) is 4.69. The van der Waals surface area contributed by atoms with Crippen LogP contribution >= 0.6 is 0 Å². The van der Waals surface area contributed by atoms with E-state index in [0.29, 0.717) is 38.5 Å². The van der Waals surface area contributed by atoms with E-state index in [9.17, 15) is 18.0 Å². The molecule has 0 aliphatic carbocycles. The second-order valence-corrected chi connectivity index (χ2v) is 4.82. The quantitative estimate of drug-likeness (QED) is 0.461. The number of piperazine rings is 1. The van der Waals surface area contributed by atoms with E-state index >= 15 is 0 Å². The van der Waals surface area contributed by atoms with Gasteiger partial charge in [-0.1, -0.05) is 5.16 Å². The molecular weight excluding hydrogens is 291 g/mol. The molecule has 1 aromatic heterocycles. The predicted octanol–water partition coefficient (Wildman–Crippen LogP) is -0.0420. The number of nitrogens with one attached hydrogen (secondary N) is 1. The van der Waals surface area contributed by atoms with Crippen molar-refractivity contribution in [2.75, 3.05) is 32.7 Å². The molecule has 1 amide bonds. The van der Waals surface area contributed by atoms with Crippen molar-refractivity contribution in [2.24, 2.45) is 5.84 Å². The molecule has 2 rings (SSSR count). The second-order valence-electron chi connectivity index (χ2n) is 4.82. The fourth-order valence-electron chi connectivity index (χ4n) is 2.15. The van der Waals surface area contributed by atoms with Crippen LogP contribution in [-0.4, -0.2) is 59.8 Å². The van der Waals surface area contributed by atoms with E-state index in [1.54, 1.807) is 0 Å². The first kappa shape index (κ1) is 15.7. The number of nitrogens with two attached hydrogens (primary N) is 1. The molecular formula is C11H16F3N5O2. The molecule has 1 aliphatic rings. The Morgan fingerprint density at radius 3 is 2.52 bits per heavy atom. The second kappa shape index (κ2) is 6.41. The molecule has 118 valence electrons. The molecule has 3 N–H and O–H groups in total. The molecule has 1 aliphatic heterocycles. The zero-order valence-electron chi connectivity index (χ0n) is 11.2. The smallest absolute Gasteiger partial charge is 0.359 e. The Balaban J connectivity index is 1.81. The number of carbonyl (C=O) groups excluding carboxylic acids is 1. The highest BCUT2D eigenvalue weighted by atomic mass is 19.4. The van der Waals surface area contributed by atoms with Crippen molar-refractivity contribution in [3.63, 3.8) is 0 Å². The van der Waals surface area contributed by atoms with Crippen molar-refractivity contribution >= 4 is 5.91 Å². The van der Waals surface area contributed by atoms with Crippen molar-refractivity contribution < 1.29 is 22.5 Å². The molecule has 0 aromatic carbocycles. The summed E-state index contributed by atoms with van der Waals surface area (Å²) >= 11 is 0. The van der Waals surface area contributed by atoms with Crippen molar-refractivity contribution in [2.45, 2.75) is 12.7 Å². The van der Waals surface area contributed by atoms with Crippen molar-refractivity contribution in [3.8, 4) is 0 Å². The zero-order valence-corrected chi connectivity index (χ0v) is 11.2. The molecule has 0 unspecified atom stereocenters. The minimum Gasteiger partial charge on any atom is -0.359 e. The molecule has 1 aromatic rings. The molecule has 0 saturated carbocycles. The average Bonchev–Trinajstić information content (AvgIpc) is 2.87. The Morgan fingerprint density at radius 2 is 1.95 bits per heavy atom. The summed E-state index contributed by atoms with van der Waals surface area (Å²) in [6.45, 7) is 1.17. The first-order valence-corrected chi connectivity index (χ1v) is 6.35. The predicted molar refractivity (Wildman–Crippen MR) is 65.9 cm³/mol. The Morgan fingerprint density at radius 1 is 1.33 bits per heavy atom. The Kier molecular flexibility index (Phi) is 4.80. The first-order valence-electron chi connectivity index (χ1n) is 6.35. The number of hydrogen-bond acceptors (Lipinski definition) is 6. The van der Waals surface area contributed by atoms with Gasteiger partial charge in [0.05, 0.1) is 13.1 Å². The zero-order chi connectivity index (χ0) is 15.5. The van der Waals surface area contributed by atoms with Crippen LogP contribution in [0.5, 0.6) is 0 Å². The number of amides is 1.